The number of anilines is 1. The lowest BCUT2D eigenvalue weighted by molar-refractivity contribution is 0.411. The lowest BCUT2D eigenvalue weighted by Gasteiger charge is -2.28. The zero-order valence-electron chi connectivity index (χ0n) is 9.97. The average molecular weight is 301 g/mol. The molecule has 1 aliphatic carbocycles. The van der Waals surface area contributed by atoms with E-state index in [0.29, 0.717) is 16.6 Å². The quantitative estimate of drug-likeness (QED) is 0.876. The van der Waals surface area contributed by atoms with Crippen molar-refractivity contribution in [2.75, 3.05) is 5.32 Å². The minimum absolute atomic E-state index is 0.210. The molecule has 0 spiro atoms. The molecule has 1 aromatic carbocycles. The maximum absolute atomic E-state index is 13.3. The van der Waals surface area contributed by atoms with Crippen LogP contribution in [0.3, 0.4) is 0 Å². The van der Waals surface area contributed by atoms with Gasteiger partial charge in [0.05, 0.1) is 4.47 Å². The summed E-state index contributed by atoms with van der Waals surface area (Å²) in [6.45, 7) is 1.92. The molecule has 0 saturated heterocycles. The Morgan fingerprint density at radius 1 is 1.29 bits per heavy atom. The molecule has 2 rings (SSSR count). The molecule has 2 nitrogen and oxygen atoms in total. The Labute approximate surface area is 110 Å². The molecule has 17 heavy (non-hydrogen) atoms. The van der Waals surface area contributed by atoms with E-state index in [1.165, 1.54) is 0 Å². The highest BCUT2D eigenvalue weighted by molar-refractivity contribution is 9.10. The van der Waals surface area contributed by atoms with Crippen molar-refractivity contribution in [2.24, 2.45) is 5.73 Å². The Hall–Kier alpha value is -0.610. The molecule has 0 aliphatic heterocycles. The van der Waals surface area contributed by atoms with Gasteiger partial charge >= 0.3 is 0 Å². The van der Waals surface area contributed by atoms with Crippen LogP contribution in [-0.2, 0) is 0 Å². The van der Waals surface area contributed by atoms with Crippen molar-refractivity contribution in [3.05, 3.63) is 28.0 Å². The first-order valence-corrected chi connectivity index (χ1v) is 6.83. The standard InChI is InChI=1S/C13H18BrFN2/c1-8-6-12(15)11(14)7-13(8)17-10-4-2-9(16)3-5-10/h6-7,9-10,17H,2-5,16H2,1H3. The molecule has 0 aromatic heterocycles. The van der Waals surface area contributed by atoms with Crippen molar-refractivity contribution >= 4 is 21.6 Å². The number of hydrogen-bond acceptors (Lipinski definition) is 2. The fourth-order valence-corrected chi connectivity index (χ4v) is 2.63. The smallest absolute Gasteiger partial charge is 0.137 e. The van der Waals surface area contributed by atoms with Gasteiger partial charge < -0.3 is 11.1 Å². The lowest BCUT2D eigenvalue weighted by Crippen LogP contribution is -2.32. The average Bonchev–Trinajstić information content (AvgIpc) is 2.29. The fraction of sp³-hybridized carbons (Fsp3) is 0.538. The molecule has 1 saturated carbocycles. The number of rotatable bonds is 2. The predicted octanol–water partition coefficient (Wildman–Crippen LogP) is 3.58. The van der Waals surface area contributed by atoms with Crippen molar-refractivity contribution in [3.63, 3.8) is 0 Å². The van der Waals surface area contributed by atoms with E-state index in [-0.39, 0.29) is 5.82 Å². The van der Waals surface area contributed by atoms with Crippen LogP contribution in [-0.4, -0.2) is 12.1 Å². The number of nitrogens with one attached hydrogen (secondary N) is 1. The number of benzene rings is 1. The maximum Gasteiger partial charge on any atom is 0.137 e. The van der Waals surface area contributed by atoms with Crippen LogP contribution in [0.4, 0.5) is 10.1 Å². The van der Waals surface area contributed by atoms with Crippen molar-refractivity contribution in [1.29, 1.82) is 0 Å². The maximum atomic E-state index is 13.3. The number of hydrogen-bond donors (Lipinski definition) is 2. The van der Waals surface area contributed by atoms with Crippen molar-refractivity contribution < 1.29 is 4.39 Å². The van der Waals surface area contributed by atoms with Crippen LogP contribution in [0.25, 0.3) is 0 Å². The molecule has 4 heteroatoms. The summed E-state index contributed by atoms with van der Waals surface area (Å²) in [6.07, 6.45) is 4.32. The first-order valence-electron chi connectivity index (χ1n) is 6.04. The lowest BCUT2D eigenvalue weighted by atomic mass is 9.91. The second-order valence-electron chi connectivity index (χ2n) is 4.84. The molecule has 0 radical (unpaired) electrons. The van der Waals surface area contributed by atoms with Crippen LogP contribution < -0.4 is 11.1 Å². The summed E-state index contributed by atoms with van der Waals surface area (Å²) in [7, 11) is 0. The van der Waals surface area contributed by atoms with Crippen LogP contribution in [0.1, 0.15) is 31.2 Å². The summed E-state index contributed by atoms with van der Waals surface area (Å²) in [4.78, 5) is 0. The van der Waals surface area contributed by atoms with Crippen molar-refractivity contribution in [3.8, 4) is 0 Å². The van der Waals surface area contributed by atoms with E-state index < -0.39 is 0 Å². The van der Waals surface area contributed by atoms with Gasteiger partial charge in [0.15, 0.2) is 0 Å². The van der Waals surface area contributed by atoms with Gasteiger partial charge in [-0.2, -0.15) is 0 Å². The molecule has 1 aliphatic rings. The largest absolute Gasteiger partial charge is 0.382 e. The van der Waals surface area contributed by atoms with E-state index in [1.807, 2.05) is 13.0 Å². The molecule has 94 valence electrons. The first kappa shape index (κ1) is 12.8. The molecule has 0 atom stereocenters. The van der Waals surface area contributed by atoms with Gasteiger partial charge in [-0.25, -0.2) is 4.39 Å². The Kier molecular flexibility index (Phi) is 4.05. The third-order valence-corrected chi connectivity index (χ3v) is 4.01. The summed E-state index contributed by atoms with van der Waals surface area (Å²) in [6, 6.07) is 4.19. The molecule has 1 aromatic rings. The number of nitrogens with two attached hydrogens (primary N) is 1. The van der Waals surface area contributed by atoms with Gasteiger partial charge in [0.1, 0.15) is 5.82 Å². The second kappa shape index (κ2) is 5.36. The van der Waals surface area contributed by atoms with E-state index in [4.69, 9.17) is 5.73 Å². The normalized spacial score (nSPS) is 24.7. The van der Waals surface area contributed by atoms with E-state index >= 15 is 0 Å². The van der Waals surface area contributed by atoms with Gasteiger partial charge in [-0.05, 0) is 66.2 Å². The van der Waals surface area contributed by atoms with Gasteiger partial charge in [0.25, 0.3) is 0 Å². The number of halogens is 2. The molecule has 3 N–H and O–H groups in total. The first-order chi connectivity index (χ1) is 8.06. The summed E-state index contributed by atoms with van der Waals surface area (Å²) < 4.78 is 13.8. The SMILES string of the molecule is Cc1cc(F)c(Br)cc1NC1CCC(N)CC1. The van der Waals surface area contributed by atoms with Crippen LogP contribution in [0.15, 0.2) is 16.6 Å². The Balaban J connectivity index is 2.06. The van der Waals surface area contributed by atoms with Gasteiger partial charge in [0, 0.05) is 17.8 Å². The summed E-state index contributed by atoms with van der Waals surface area (Å²) in [5, 5.41) is 3.49. The van der Waals surface area contributed by atoms with Gasteiger partial charge in [-0.15, -0.1) is 0 Å². The third kappa shape index (κ3) is 3.19. The Morgan fingerprint density at radius 2 is 1.94 bits per heavy atom. The Morgan fingerprint density at radius 3 is 2.59 bits per heavy atom. The molecule has 0 unspecified atom stereocenters. The van der Waals surface area contributed by atoms with Crippen molar-refractivity contribution in [2.45, 2.75) is 44.7 Å². The van der Waals surface area contributed by atoms with Gasteiger partial charge in [-0.1, -0.05) is 0 Å². The van der Waals surface area contributed by atoms with E-state index in [1.54, 1.807) is 6.07 Å². The van der Waals surface area contributed by atoms with E-state index in [2.05, 4.69) is 21.2 Å². The predicted molar refractivity (Wildman–Crippen MR) is 72.7 cm³/mol. The Bertz CT molecular complexity index is 401. The summed E-state index contributed by atoms with van der Waals surface area (Å²) >= 11 is 3.22. The van der Waals surface area contributed by atoms with E-state index in [9.17, 15) is 4.39 Å². The highest BCUT2D eigenvalue weighted by Crippen LogP contribution is 2.27. The van der Waals surface area contributed by atoms with Crippen LogP contribution in [0.2, 0.25) is 0 Å². The third-order valence-electron chi connectivity index (χ3n) is 3.40. The summed E-state index contributed by atoms with van der Waals surface area (Å²) in [5.74, 6) is -0.210. The monoisotopic (exact) mass is 300 g/mol. The fourth-order valence-electron chi connectivity index (χ4n) is 2.29. The van der Waals surface area contributed by atoms with Crippen LogP contribution >= 0.6 is 15.9 Å². The molecule has 1 fully saturated rings. The van der Waals surface area contributed by atoms with Crippen LogP contribution in [0, 0.1) is 12.7 Å². The highest BCUT2D eigenvalue weighted by Gasteiger charge is 2.19. The topological polar surface area (TPSA) is 38.0 Å². The van der Waals surface area contributed by atoms with Gasteiger partial charge in [-0.3, -0.25) is 0 Å². The highest BCUT2D eigenvalue weighted by atomic mass is 79.9. The minimum Gasteiger partial charge on any atom is -0.382 e. The zero-order valence-corrected chi connectivity index (χ0v) is 11.6. The molecular weight excluding hydrogens is 283 g/mol. The van der Waals surface area contributed by atoms with Crippen molar-refractivity contribution in [1.82, 2.24) is 0 Å². The molecular formula is C13H18BrFN2. The second-order valence-corrected chi connectivity index (χ2v) is 5.69. The number of aryl methyl sites for hydroxylation is 1. The molecule has 0 amide bonds. The zero-order chi connectivity index (χ0) is 12.4. The summed E-state index contributed by atoms with van der Waals surface area (Å²) in [5.41, 5.74) is 7.84. The molecule has 0 bridgehead atoms. The van der Waals surface area contributed by atoms with Gasteiger partial charge in [0.2, 0.25) is 0 Å². The molecule has 0 heterocycles. The minimum atomic E-state index is -0.210. The van der Waals surface area contributed by atoms with E-state index in [0.717, 1.165) is 36.9 Å². The van der Waals surface area contributed by atoms with Crippen LogP contribution in [0.5, 0.6) is 0 Å².